The molecule has 0 saturated heterocycles. The topological polar surface area (TPSA) is 33.1 Å². The van der Waals surface area contributed by atoms with Crippen LogP contribution in [-0.4, -0.2) is 10.1 Å². The highest BCUT2D eigenvalue weighted by molar-refractivity contribution is 9.10. The van der Waals surface area contributed by atoms with E-state index < -0.39 is 0 Å². The molecule has 2 aromatic rings. The van der Waals surface area contributed by atoms with Crippen LogP contribution < -0.4 is 0 Å². The van der Waals surface area contributed by atoms with Crippen molar-refractivity contribution < 1.29 is 5.11 Å². The zero-order valence-corrected chi connectivity index (χ0v) is 11.6. The SMILES string of the molecule is Cc1nc(CO)c(Cl)cc1-c1ccc(Br)cc1. The Morgan fingerprint density at radius 3 is 2.53 bits per heavy atom. The number of aromatic nitrogens is 1. The van der Waals surface area contributed by atoms with Crippen molar-refractivity contribution in [3.8, 4) is 11.1 Å². The predicted octanol–water partition coefficient (Wildman–Crippen LogP) is 3.97. The van der Waals surface area contributed by atoms with Gasteiger partial charge in [0.2, 0.25) is 0 Å². The number of aliphatic hydroxyl groups is 1. The van der Waals surface area contributed by atoms with Crippen molar-refractivity contribution in [3.05, 3.63) is 51.2 Å². The molecule has 1 aromatic carbocycles. The van der Waals surface area contributed by atoms with E-state index in [1.807, 2.05) is 37.3 Å². The van der Waals surface area contributed by atoms with Gasteiger partial charge >= 0.3 is 0 Å². The molecule has 1 aromatic heterocycles. The summed E-state index contributed by atoms with van der Waals surface area (Å²) in [5, 5.41) is 9.58. The number of pyridine rings is 1. The van der Waals surface area contributed by atoms with Gasteiger partial charge in [-0.2, -0.15) is 0 Å². The van der Waals surface area contributed by atoms with Gasteiger partial charge in [0.1, 0.15) is 0 Å². The summed E-state index contributed by atoms with van der Waals surface area (Å²) in [6.07, 6.45) is 0. The standard InChI is InChI=1S/C13H11BrClNO/c1-8-11(6-12(15)13(7-17)16-8)9-2-4-10(14)5-3-9/h2-6,17H,7H2,1H3. The minimum absolute atomic E-state index is 0.139. The zero-order valence-electron chi connectivity index (χ0n) is 9.24. The molecule has 0 fully saturated rings. The van der Waals surface area contributed by atoms with E-state index in [1.54, 1.807) is 0 Å². The van der Waals surface area contributed by atoms with Crippen LogP contribution in [0, 0.1) is 6.92 Å². The molecule has 0 atom stereocenters. The molecule has 0 radical (unpaired) electrons. The summed E-state index contributed by atoms with van der Waals surface area (Å²) in [5.41, 5.74) is 3.43. The van der Waals surface area contributed by atoms with Crippen LogP contribution in [0.15, 0.2) is 34.8 Å². The van der Waals surface area contributed by atoms with Crippen LogP contribution in [0.25, 0.3) is 11.1 Å². The lowest BCUT2D eigenvalue weighted by Gasteiger charge is -2.09. The number of hydrogen-bond acceptors (Lipinski definition) is 2. The Hall–Kier alpha value is -0.900. The molecule has 0 bridgehead atoms. The van der Waals surface area contributed by atoms with E-state index in [2.05, 4.69) is 20.9 Å². The minimum Gasteiger partial charge on any atom is -0.390 e. The van der Waals surface area contributed by atoms with Crippen LogP contribution >= 0.6 is 27.5 Å². The van der Waals surface area contributed by atoms with Crippen molar-refractivity contribution in [2.24, 2.45) is 0 Å². The average molecular weight is 313 g/mol. The van der Waals surface area contributed by atoms with Gasteiger partial charge < -0.3 is 5.11 Å². The van der Waals surface area contributed by atoms with E-state index in [-0.39, 0.29) is 6.61 Å². The number of halogens is 2. The molecule has 0 aliphatic heterocycles. The maximum Gasteiger partial charge on any atom is 0.0868 e. The van der Waals surface area contributed by atoms with Gasteiger partial charge in [-0.15, -0.1) is 0 Å². The Balaban J connectivity index is 2.52. The molecule has 2 rings (SSSR count). The van der Waals surface area contributed by atoms with Gasteiger partial charge in [-0.05, 0) is 30.7 Å². The zero-order chi connectivity index (χ0) is 12.4. The van der Waals surface area contributed by atoms with E-state index in [0.29, 0.717) is 10.7 Å². The lowest BCUT2D eigenvalue weighted by Crippen LogP contribution is -1.96. The number of aliphatic hydroxyl groups excluding tert-OH is 1. The predicted molar refractivity (Wildman–Crippen MR) is 73.0 cm³/mol. The Morgan fingerprint density at radius 1 is 1.29 bits per heavy atom. The summed E-state index contributed by atoms with van der Waals surface area (Å²) in [4.78, 5) is 4.30. The first-order valence-electron chi connectivity index (χ1n) is 5.14. The molecule has 0 aliphatic carbocycles. The first kappa shape index (κ1) is 12.6. The first-order chi connectivity index (χ1) is 8.11. The Bertz CT molecular complexity index is 540. The fourth-order valence-corrected chi connectivity index (χ4v) is 2.14. The summed E-state index contributed by atoms with van der Waals surface area (Å²) in [6, 6.07) is 9.80. The molecule has 0 aliphatic rings. The van der Waals surface area contributed by atoms with Gasteiger partial charge in [-0.1, -0.05) is 39.7 Å². The minimum atomic E-state index is -0.139. The van der Waals surface area contributed by atoms with Crippen molar-refractivity contribution in [1.82, 2.24) is 4.98 Å². The lowest BCUT2D eigenvalue weighted by molar-refractivity contribution is 0.277. The number of hydrogen-bond donors (Lipinski definition) is 1. The van der Waals surface area contributed by atoms with Gasteiger partial charge in [0.05, 0.1) is 17.3 Å². The van der Waals surface area contributed by atoms with Crippen LogP contribution in [0.2, 0.25) is 5.02 Å². The number of benzene rings is 1. The van der Waals surface area contributed by atoms with Gasteiger partial charge in [0.25, 0.3) is 0 Å². The van der Waals surface area contributed by atoms with Gasteiger partial charge in [-0.3, -0.25) is 4.98 Å². The van der Waals surface area contributed by atoms with Crippen LogP contribution in [0.1, 0.15) is 11.4 Å². The summed E-state index contributed by atoms with van der Waals surface area (Å²) in [6.45, 7) is 1.77. The van der Waals surface area contributed by atoms with E-state index >= 15 is 0 Å². The van der Waals surface area contributed by atoms with E-state index in [1.165, 1.54) is 0 Å². The second-order valence-electron chi connectivity index (χ2n) is 3.71. The van der Waals surface area contributed by atoms with Crippen LogP contribution in [-0.2, 0) is 6.61 Å². The maximum absolute atomic E-state index is 9.09. The molecular formula is C13H11BrClNO. The molecule has 17 heavy (non-hydrogen) atoms. The Labute approximate surface area is 113 Å². The second-order valence-corrected chi connectivity index (χ2v) is 5.04. The largest absolute Gasteiger partial charge is 0.390 e. The molecule has 4 heteroatoms. The first-order valence-corrected chi connectivity index (χ1v) is 6.31. The highest BCUT2D eigenvalue weighted by atomic mass is 79.9. The third-order valence-electron chi connectivity index (χ3n) is 2.54. The fraction of sp³-hybridized carbons (Fsp3) is 0.154. The summed E-state index contributed by atoms with van der Waals surface area (Å²) < 4.78 is 1.03. The van der Waals surface area contributed by atoms with E-state index in [0.717, 1.165) is 21.3 Å². The summed E-state index contributed by atoms with van der Waals surface area (Å²) in [5.74, 6) is 0. The van der Waals surface area contributed by atoms with E-state index in [9.17, 15) is 0 Å². The monoisotopic (exact) mass is 311 g/mol. The van der Waals surface area contributed by atoms with Gasteiger partial charge in [0.15, 0.2) is 0 Å². The van der Waals surface area contributed by atoms with Gasteiger partial charge in [0, 0.05) is 15.7 Å². The molecule has 0 unspecified atom stereocenters. The highest BCUT2D eigenvalue weighted by Crippen LogP contribution is 2.28. The highest BCUT2D eigenvalue weighted by Gasteiger charge is 2.08. The molecule has 0 amide bonds. The van der Waals surface area contributed by atoms with Gasteiger partial charge in [-0.25, -0.2) is 0 Å². The van der Waals surface area contributed by atoms with Crippen molar-refractivity contribution in [2.75, 3.05) is 0 Å². The number of aryl methyl sites for hydroxylation is 1. The van der Waals surface area contributed by atoms with Crippen LogP contribution in [0.5, 0.6) is 0 Å². The Morgan fingerprint density at radius 2 is 1.94 bits per heavy atom. The molecule has 0 spiro atoms. The summed E-state index contributed by atoms with van der Waals surface area (Å²) >= 11 is 9.45. The third kappa shape index (κ3) is 2.68. The van der Waals surface area contributed by atoms with Crippen molar-refractivity contribution >= 4 is 27.5 Å². The summed E-state index contributed by atoms with van der Waals surface area (Å²) in [7, 11) is 0. The maximum atomic E-state index is 9.09. The van der Waals surface area contributed by atoms with Crippen molar-refractivity contribution in [3.63, 3.8) is 0 Å². The normalized spacial score (nSPS) is 10.6. The molecule has 2 nitrogen and oxygen atoms in total. The second kappa shape index (κ2) is 5.17. The smallest absolute Gasteiger partial charge is 0.0868 e. The lowest BCUT2D eigenvalue weighted by atomic mass is 10.0. The van der Waals surface area contributed by atoms with Crippen LogP contribution in [0.3, 0.4) is 0 Å². The molecule has 1 heterocycles. The van der Waals surface area contributed by atoms with Crippen LogP contribution in [0.4, 0.5) is 0 Å². The molecule has 1 N–H and O–H groups in total. The number of nitrogens with zero attached hydrogens (tertiary/aromatic N) is 1. The quantitative estimate of drug-likeness (QED) is 0.910. The third-order valence-corrected chi connectivity index (χ3v) is 3.40. The van der Waals surface area contributed by atoms with Crippen molar-refractivity contribution in [2.45, 2.75) is 13.5 Å². The fourth-order valence-electron chi connectivity index (χ4n) is 1.66. The van der Waals surface area contributed by atoms with Crippen molar-refractivity contribution in [1.29, 1.82) is 0 Å². The number of rotatable bonds is 2. The molecule has 0 saturated carbocycles. The Kier molecular flexibility index (Phi) is 3.82. The molecule has 88 valence electrons. The molecular weight excluding hydrogens is 302 g/mol. The average Bonchev–Trinajstić information content (AvgIpc) is 2.33. The van der Waals surface area contributed by atoms with E-state index in [4.69, 9.17) is 16.7 Å².